The van der Waals surface area contributed by atoms with E-state index in [1.807, 2.05) is 31.4 Å². The number of amides is 1. The summed E-state index contributed by atoms with van der Waals surface area (Å²) in [4.78, 5) is 13.7. The Morgan fingerprint density at radius 3 is 2.71 bits per heavy atom. The molecule has 0 aliphatic heterocycles. The van der Waals surface area contributed by atoms with Gasteiger partial charge < -0.3 is 5.32 Å². The second kappa shape index (κ2) is 6.97. The van der Waals surface area contributed by atoms with E-state index < -0.39 is 0 Å². The normalized spacial score (nSPS) is 12.1. The van der Waals surface area contributed by atoms with E-state index in [1.165, 1.54) is 12.1 Å². The molecule has 1 N–H and O–H groups in total. The van der Waals surface area contributed by atoms with E-state index in [-0.39, 0.29) is 17.8 Å². The van der Waals surface area contributed by atoms with E-state index >= 15 is 0 Å². The van der Waals surface area contributed by atoms with Crippen LogP contribution >= 0.6 is 11.3 Å². The summed E-state index contributed by atoms with van der Waals surface area (Å²) in [6, 6.07) is 9.97. The van der Waals surface area contributed by atoms with E-state index in [2.05, 4.69) is 10.4 Å². The third kappa shape index (κ3) is 3.23. The average Bonchev–Trinajstić information content (AvgIpc) is 3.25. The van der Waals surface area contributed by atoms with Gasteiger partial charge in [0, 0.05) is 4.88 Å². The predicted molar refractivity (Wildman–Crippen MR) is 93.1 cm³/mol. The van der Waals surface area contributed by atoms with Gasteiger partial charge in [0.25, 0.3) is 5.91 Å². The number of rotatable bonds is 5. The van der Waals surface area contributed by atoms with Gasteiger partial charge in [-0.15, -0.1) is 11.3 Å². The van der Waals surface area contributed by atoms with Crippen molar-refractivity contribution < 1.29 is 9.18 Å². The van der Waals surface area contributed by atoms with Gasteiger partial charge in [-0.1, -0.05) is 13.0 Å². The molecule has 1 amide bonds. The summed E-state index contributed by atoms with van der Waals surface area (Å²) in [5, 5.41) is 9.31. The van der Waals surface area contributed by atoms with Crippen LogP contribution in [-0.4, -0.2) is 15.7 Å². The van der Waals surface area contributed by atoms with Gasteiger partial charge in [0.05, 0.1) is 29.2 Å². The maximum atomic E-state index is 13.1. The quantitative estimate of drug-likeness (QED) is 0.757. The summed E-state index contributed by atoms with van der Waals surface area (Å²) in [7, 11) is 0. The Hall–Kier alpha value is -2.47. The topological polar surface area (TPSA) is 46.9 Å². The van der Waals surface area contributed by atoms with Crippen LogP contribution in [0.3, 0.4) is 0 Å². The van der Waals surface area contributed by atoms with Crippen molar-refractivity contribution in [3.05, 3.63) is 69.9 Å². The van der Waals surface area contributed by atoms with Gasteiger partial charge in [-0.05, 0) is 49.1 Å². The predicted octanol–water partition coefficient (Wildman–Crippen LogP) is 4.13. The minimum absolute atomic E-state index is 0.0589. The van der Waals surface area contributed by atoms with Crippen molar-refractivity contribution >= 4 is 17.2 Å². The number of thiophene rings is 1. The molecule has 2 heterocycles. The number of nitrogens with one attached hydrogen (secondary N) is 1. The average molecular weight is 343 g/mol. The summed E-state index contributed by atoms with van der Waals surface area (Å²) < 4.78 is 14.8. The van der Waals surface area contributed by atoms with Crippen LogP contribution in [0, 0.1) is 5.82 Å². The number of benzene rings is 1. The molecule has 0 fully saturated rings. The van der Waals surface area contributed by atoms with E-state index in [4.69, 9.17) is 0 Å². The first-order chi connectivity index (χ1) is 11.6. The van der Waals surface area contributed by atoms with Crippen molar-refractivity contribution in [1.82, 2.24) is 15.1 Å². The van der Waals surface area contributed by atoms with Crippen molar-refractivity contribution in [3.8, 4) is 5.69 Å². The Kier molecular flexibility index (Phi) is 4.76. The lowest BCUT2D eigenvalue weighted by molar-refractivity contribution is 0.0939. The van der Waals surface area contributed by atoms with Gasteiger partial charge in [0.15, 0.2) is 0 Å². The van der Waals surface area contributed by atoms with E-state index in [0.717, 1.165) is 16.3 Å². The smallest absolute Gasteiger partial charge is 0.255 e. The Morgan fingerprint density at radius 2 is 2.08 bits per heavy atom. The van der Waals surface area contributed by atoms with E-state index in [1.54, 1.807) is 34.3 Å². The van der Waals surface area contributed by atoms with Crippen molar-refractivity contribution in [3.63, 3.8) is 0 Å². The highest BCUT2D eigenvalue weighted by atomic mass is 32.1. The number of aromatic nitrogens is 2. The molecule has 0 spiro atoms. The number of hydrogen-bond acceptors (Lipinski definition) is 3. The lowest BCUT2D eigenvalue weighted by Gasteiger charge is -2.13. The molecule has 3 rings (SSSR count). The molecule has 0 radical (unpaired) electrons. The summed E-state index contributed by atoms with van der Waals surface area (Å²) in [5.74, 6) is -0.451. The van der Waals surface area contributed by atoms with Crippen LogP contribution < -0.4 is 5.32 Å². The first-order valence-corrected chi connectivity index (χ1v) is 8.65. The number of halogens is 1. The third-order valence-corrected chi connectivity index (χ3v) is 4.89. The lowest BCUT2D eigenvalue weighted by Crippen LogP contribution is -2.26. The highest BCUT2D eigenvalue weighted by molar-refractivity contribution is 7.10. The fraction of sp³-hybridized carbons (Fsp3) is 0.222. The maximum Gasteiger partial charge on any atom is 0.255 e. The van der Waals surface area contributed by atoms with Gasteiger partial charge in [-0.25, -0.2) is 9.07 Å². The molecule has 2 aromatic heterocycles. The molecule has 1 unspecified atom stereocenters. The molecule has 1 aromatic carbocycles. The molecule has 124 valence electrons. The van der Waals surface area contributed by atoms with Gasteiger partial charge >= 0.3 is 0 Å². The molecular formula is C18H18FN3OS. The molecule has 24 heavy (non-hydrogen) atoms. The number of hydrogen-bond donors (Lipinski definition) is 1. The lowest BCUT2D eigenvalue weighted by atomic mass is 10.1. The molecule has 0 aliphatic rings. The minimum atomic E-state index is -0.299. The first kappa shape index (κ1) is 16.4. The number of carbonyl (C=O) groups is 1. The second-order valence-corrected chi connectivity index (χ2v) is 6.44. The van der Waals surface area contributed by atoms with Crippen LogP contribution in [0.5, 0.6) is 0 Å². The van der Waals surface area contributed by atoms with Crippen LogP contribution in [-0.2, 0) is 6.42 Å². The zero-order valence-electron chi connectivity index (χ0n) is 13.5. The Bertz CT molecular complexity index is 825. The fourth-order valence-electron chi connectivity index (χ4n) is 2.59. The number of nitrogens with zero attached hydrogens (tertiary/aromatic N) is 2. The van der Waals surface area contributed by atoms with Gasteiger partial charge in [-0.2, -0.15) is 5.10 Å². The molecule has 1 atom stereocenters. The van der Waals surface area contributed by atoms with Crippen LogP contribution in [0.15, 0.2) is 48.0 Å². The molecular weight excluding hydrogens is 325 g/mol. The monoisotopic (exact) mass is 343 g/mol. The van der Waals surface area contributed by atoms with E-state index in [9.17, 15) is 9.18 Å². The van der Waals surface area contributed by atoms with E-state index in [0.29, 0.717) is 12.0 Å². The SMILES string of the molecule is CCc1c(C(=O)NC(C)c2cccs2)cnn1-c1ccc(F)cc1. The summed E-state index contributed by atoms with van der Waals surface area (Å²) in [6.45, 7) is 3.93. The van der Waals surface area contributed by atoms with Gasteiger partial charge in [0.2, 0.25) is 0 Å². The zero-order chi connectivity index (χ0) is 17.1. The molecule has 0 aliphatic carbocycles. The van der Waals surface area contributed by atoms with Gasteiger partial charge in [0.1, 0.15) is 5.82 Å². The Morgan fingerprint density at radius 1 is 1.33 bits per heavy atom. The van der Waals surface area contributed by atoms with Crippen LogP contribution in [0.2, 0.25) is 0 Å². The molecule has 0 saturated heterocycles. The Balaban J connectivity index is 1.86. The Labute approximate surface area is 143 Å². The maximum absolute atomic E-state index is 13.1. The minimum Gasteiger partial charge on any atom is -0.345 e. The fourth-order valence-corrected chi connectivity index (χ4v) is 3.33. The zero-order valence-corrected chi connectivity index (χ0v) is 14.3. The van der Waals surface area contributed by atoms with Gasteiger partial charge in [-0.3, -0.25) is 4.79 Å². The largest absolute Gasteiger partial charge is 0.345 e. The van der Waals surface area contributed by atoms with Crippen LogP contribution in [0.4, 0.5) is 4.39 Å². The second-order valence-electron chi connectivity index (χ2n) is 5.46. The molecule has 0 bridgehead atoms. The summed E-state index contributed by atoms with van der Waals surface area (Å²) in [6.07, 6.45) is 2.21. The highest BCUT2D eigenvalue weighted by Crippen LogP contribution is 2.20. The van der Waals surface area contributed by atoms with Crippen molar-refractivity contribution in [2.75, 3.05) is 0 Å². The first-order valence-electron chi connectivity index (χ1n) is 7.77. The highest BCUT2D eigenvalue weighted by Gasteiger charge is 2.19. The third-order valence-electron chi connectivity index (χ3n) is 3.84. The molecule has 4 nitrogen and oxygen atoms in total. The standard InChI is InChI=1S/C18H18FN3OS/c1-3-16-15(18(23)21-12(2)17-5-4-10-24-17)11-20-22(16)14-8-6-13(19)7-9-14/h4-12H,3H2,1-2H3,(H,21,23). The molecule has 6 heteroatoms. The summed E-state index contributed by atoms with van der Waals surface area (Å²) >= 11 is 1.61. The molecule has 0 saturated carbocycles. The molecule has 3 aromatic rings. The van der Waals surface area contributed by atoms with Crippen LogP contribution in [0.25, 0.3) is 5.69 Å². The number of carbonyl (C=O) groups excluding carboxylic acids is 1. The van der Waals surface area contributed by atoms with Crippen LogP contribution in [0.1, 0.15) is 40.8 Å². The van der Waals surface area contributed by atoms with Crippen molar-refractivity contribution in [1.29, 1.82) is 0 Å². The summed E-state index contributed by atoms with van der Waals surface area (Å²) in [5.41, 5.74) is 2.08. The van der Waals surface area contributed by atoms with Crippen molar-refractivity contribution in [2.24, 2.45) is 0 Å². The van der Waals surface area contributed by atoms with Crippen molar-refractivity contribution in [2.45, 2.75) is 26.3 Å².